The predicted octanol–water partition coefficient (Wildman–Crippen LogP) is 1.29. The summed E-state index contributed by atoms with van der Waals surface area (Å²) in [6.45, 7) is 4.54. The van der Waals surface area contributed by atoms with E-state index in [-0.39, 0.29) is 0 Å². The molecule has 1 unspecified atom stereocenters. The van der Waals surface area contributed by atoms with Crippen molar-refractivity contribution in [1.29, 1.82) is 0 Å². The predicted molar refractivity (Wildman–Crippen MR) is 62.4 cm³/mol. The minimum absolute atomic E-state index is 0.487. The summed E-state index contributed by atoms with van der Waals surface area (Å²) in [5.41, 5.74) is 0. The van der Waals surface area contributed by atoms with Crippen LogP contribution in [0.3, 0.4) is 0 Å². The molecule has 5 heteroatoms. The third kappa shape index (κ3) is 3.60. The summed E-state index contributed by atoms with van der Waals surface area (Å²) in [6.07, 6.45) is -0.206. The molecule has 3 nitrogen and oxygen atoms in total. The topological polar surface area (TPSA) is 15.7 Å². The van der Waals surface area contributed by atoms with E-state index in [1.165, 1.54) is 0 Å². The summed E-state index contributed by atoms with van der Waals surface area (Å²) in [7, 11) is 1.92. The largest absolute Gasteiger partial charge is 0.381 e. The molecule has 2 fully saturated rings. The lowest BCUT2D eigenvalue weighted by Crippen LogP contribution is -2.56. The second-order valence-corrected chi connectivity index (χ2v) is 5.21. The molecule has 0 aliphatic carbocycles. The van der Waals surface area contributed by atoms with Crippen molar-refractivity contribution in [3.05, 3.63) is 0 Å². The van der Waals surface area contributed by atoms with Gasteiger partial charge >= 0.3 is 0 Å². The van der Waals surface area contributed by atoms with Gasteiger partial charge in [-0.25, -0.2) is 8.78 Å². The van der Waals surface area contributed by atoms with E-state index >= 15 is 0 Å². The highest BCUT2D eigenvalue weighted by Gasteiger charge is 2.33. The number of hydrogen-bond acceptors (Lipinski definition) is 3. The molecular formula is C12H22F2N2O. The average molecular weight is 248 g/mol. The Hall–Kier alpha value is -0.260. The molecule has 2 saturated heterocycles. The van der Waals surface area contributed by atoms with Gasteiger partial charge in [-0.15, -0.1) is 0 Å². The van der Waals surface area contributed by atoms with Gasteiger partial charge in [0, 0.05) is 39.4 Å². The first-order chi connectivity index (χ1) is 8.16. The molecule has 0 bridgehead atoms. The van der Waals surface area contributed by atoms with Gasteiger partial charge in [0.25, 0.3) is 6.43 Å². The summed E-state index contributed by atoms with van der Waals surface area (Å²) in [6, 6.07) is -0.586. The van der Waals surface area contributed by atoms with Crippen molar-refractivity contribution in [1.82, 2.24) is 9.80 Å². The van der Waals surface area contributed by atoms with Crippen LogP contribution in [-0.2, 0) is 4.74 Å². The zero-order valence-corrected chi connectivity index (χ0v) is 10.4. The van der Waals surface area contributed by atoms with Crippen LogP contribution < -0.4 is 0 Å². The van der Waals surface area contributed by atoms with Gasteiger partial charge in [-0.1, -0.05) is 0 Å². The van der Waals surface area contributed by atoms with E-state index in [0.717, 1.165) is 45.7 Å². The summed E-state index contributed by atoms with van der Waals surface area (Å²) >= 11 is 0. The first-order valence-corrected chi connectivity index (χ1v) is 6.45. The number of nitrogens with zero attached hydrogens (tertiary/aromatic N) is 2. The molecule has 0 aromatic carbocycles. The Kier molecular flexibility index (Phi) is 4.70. The molecule has 0 saturated carbocycles. The van der Waals surface area contributed by atoms with Crippen LogP contribution in [0.15, 0.2) is 0 Å². The molecule has 2 heterocycles. The Bertz CT molecular complexity index is 235. The highest BCUT2D eigenvalue weighted by molar-refractivity contribution is 4.84. The molecule has 0 aromatic heterocycles. The van der Waals surface area contributed by atoms with Crippen LogP contribution >= 0.6 is 0 Å². The highest BCUT2D eigenvalue weighted by atomic mass is 19.3. The molecule has 2 aliphatic heterocycles. The van der Waals surface area contributed by atoms with E-state index < -0.39 is 12.5 Å². The van der Waals surface area contributed by atoms with Gasteiger partial charge in [-0.2, -0.15) is 0 Å². The standard InChI is InChI=1S/C12H22F2N2O/c1-15-4-5-16(11(9-15)12(13)14)8-10-2-6-17-7-3-10/h10-12H,2-9H2,1H3. The van der Waals surface area contributed by atoms with Crippen molar-refractivity contribution < 1.29 is 13.5 Å². The number of halogens is 2. The lowest BCUT2D eigenvalue weighted by atomic mass is 9.98. The van der Waals surface area contributed by atoms with Gasteiger partial charge in [0.1, 0.15) is 0 Å². The van der Waals surface area contributed by atoms with E-state index in [4.69, 9.17) is 4.74 Å². The number of rotatable bonds is 3. The summed E-state index contributed by atoms with van der Waals surface area (Å²) in [4.78, 5) is 3.98. The summed E-state index contributed by atoms with van der Waals surface area (Å²) in [5.74, 6) is 0.536. The Morgan fingerprint density at radius 1 is 1.24 bits per heavy atom. The van der Waals surface area contributed by atoms with Crippen LogP contribution in [0.2, 0.25) is 0 Å². The van der Waals surface area contributed by atoms with Crippen molar-refractivity contribution in [2.45, 2.75) is 25.3 Å². The maximum absolute atomic E-state index is 13.0. The van der Waals surface area contributed by atoms with E-state index in [1.54, 1.807) is 0 Å². The second-order valence-electron chi connectivity index (χ2n) is 5.21. The van der Waals surface area contributed by atoms with Crippen LogP contribution in [-0.4, -0.2) is 68.7 Å². The zero-order chi connectivity index (χ0) is 12.3. The molecule has 0 amide bonds. The van der Waals surface area contributed by atoms with Crippen molar-refractivity contribution in [3.8, 4) is 0 Å². The van der Waals surface area contributed by atoms with Gasteiger partial charge in [0.2, 0.25) is 0 Å². The van der Waals surface area contributed by atoms with Crippen LogP contribution in [0.5, 0.6) is 0 Å². The average Bonchev–Trinajstić information content (AvgIpc) is 2.32. The van der Waals surface area contributed by atoms with Gasteiger partial charge in [-0.05, 0) is 25.8 Å². The molecule has 17 heavy (non-hydrogen) atoms. The molecule has 0 N–H and O–H groups in total. The zero-order valence-electron chi connectivity index (χ0n) is 10.4. The Morgan fingerprint density at radius 3 is 2.59 bits per heavy atom. The number of alkyl halides is 2. The van der Waals surface area contributed by atoms with Crippen LogP contribution in [0.1, 0.15) is 12.8 Å². The fourth-order valence-electron chi connectivity index (χ4n) is 2.72. The van der Waals surface area contributed by atoms with Crippen molar-refractivity contribution in [3.63, 3.8) is 0 Å². The fraction of sp³-hybridized carbons (Fsp3) is 1.00. The Balaban J connectivity index is 1.88. The lowest BCUT2D eigenvalue weighted by Gasteiger charge is -2.41. The third-order valence-electron chi connectivity index (χ3n) is 3.86. The molecule has 0 radical (unpaired) electrons. The minimum atomic E-state index is -2.24. The van der Waals surface area contributed by atoms with Crippen LogP contribution in [0.4, 0.5) is 8.78 Å². The number of piperazine rings is 1. The molecule has 0 aromatic rings. The van der Waals surface area contributed by atoms with Crippen LogP contribution in [0.25, 0.3) is 0 Å². The number of ether oxygens (including phenoxy) is 1. The molecule has 100 valence electrons. The maximum Gasteiger partial charge on any atom is 0.255 e. The highest BCUT2D eigenvalue weighted by Crippen LogP contribution is 2.21. The van der Waals surface area contributed by atoms with Crippen LogP contribution in [0, 0.1) is 5.92 Å². The van der Waals surface area contributed by atoms with Crippen molar-refractivity contribution in [2.24, 2.45) is 5.92 Å². The first kappa shape index (κ1) is 13.2. The summed E-state index contributed by atoms with van der Waals surface area (Å²) < 4.78 is 31.3. The van der Waals surface area contributed by atoms with E-state index in [1.807, 2.05) is 16.8 Å². The minimum Gasteiger partial charge on any atom is -0.381 e. The van der Waals surface area contributed by atoms with E-state index in [0.29, 0.717) is 12.5 Å². The molecule has 2 rings (SSSR count). The molecule has 0 spiro atoms. The second kappa shape index (κ2) is 6.07. The van der Waals surface area contributed by atoms with E-state index in [2.05, 4.69) is 0 Å². The number of likely N-dealkylation sites (N-methyl/N-ethyl adjacent to an activating group) is 1. The fourth-order valence-corrected chi connectivity index (χ4v) is 2.72. The third-order valence-corrected chi connectivity index (χ3v) is 3.86. The normalized spacial score (nSPS) is 30.0. The molecular weight excluding hydrogens is 226 g/mol. The summed E-state index contributed by atoms with van der Waals surface area (Å²) in [5, 5.41) is 0. The smallest absolute Gasteiger partial charge is 0.255 e. The monoisotopic (exact) mass is 248 g/mol. The Labute approximate surface area is 102 Å². The van der Waals surface area contributed by atoms with E-state index in [9.17, 15) is 8.78 Å². The number of hydrogen-bond donors (Lipinski definition) is 0. The van der Waals surface area contributed by atoms with Gasteiger partial charge < -0.3 is 9.64 Å². The first-order valence-electron chi connectivity index (χ1n) is 6.45. The van der Waals surface area contributed by atoms with Crippen molar-refractivity contribution >= 4 is 0 Å². The molecule has 1 atom stereocenters. The quantitative estimate of drug-likeness (QED) is 0.748. The maximum atomic E-state index is 13.0. The van der Waals surface area contributed by atoms with Gasteiger partial charge in [0.05, 0.1) is 6.04 Å². The SMILES string of the molecule is CN1CCN(CC2CCOCC2)C(C(F)F)C1. The molecule has 2 aliphatic rings. The van der Waals surface area contributed by atoms with Gasteiger partial charge in [-0.3, -0.25) is 4.90 Å². The van der Waals surface area contributed by atoms with Crippen molar-refractivity contribution in [2.75, 3.05) is 46.4 Å². The Morgan fingerprint density at radius 2 is 1.94 bits per heavy atom. The lowest BCUT2D eigenvalue weighted by molar-refractivity contribution is -0.0339. The van der Waals surface area contributed by atoms with Gasteiger partial charge in [0.15, 0.2) is 0 Å².